The van der Waals surface area contributed by atoms with Crippen molar-refractivity contribution in [2.75, 3.05) is 0 Å². The smallest absolute Gasteiger partial charge is 0.129 e. The van der Waals surface area contributed by atoms with E-state index >= 15 is 0 Å². The van der Waals surface area contributed by atoms with Gasteiger partial charge in [0, 0.05) is 12.1 Å². The fourth-order valence-corrected chi connectivity index (χ4v) is 2.31. The maximum absolute atomic E-state index is 13.6. The van der Waals surface area contributed by atoms with Gasteiger partial charge in [-0.25, -0.2) is 8.78 Å². The van der Waals surface area contributed by atoms with Gasteiger partial charge in [0.15, 0.2) is 0 Å². The van der Waals surface area contributed by atoms with Crippen molar-refractivity contribution in [3.63, 3.8) is 0 Å². The Bertz CT molecular complexity index is 581. The van der Waals surface area contributed by atoms with Crippen LogP contribution in [0.1, 0.15) is 36.1 Å². The van der Waals surface area contributed by atoms with E-state index in [4.69, 9.17) is 5.73 Å². The van der Waals surface area contributed by atoms with E-state index in [1.807, 2.05) is 12.1 Å². The van der Waals surface area contributed by atoms with Crippen molar-refractivity contribution in [3.05, 3.63) is 70.8 Å². The Balaban J connectivity index is 2.15. The van der Waals surface area contributed by atoms with E-state index in [9.17, 15) is 8.78 Å². The van der Waals surface area contributed by atoms with Crippen LogP contribution in [-0.2, 0) is 12.8 Å². The Morgan fingerprint density at radius 3 is 2.60 bits per heavy atom. The number of hydrogen-bond acceptors (Lipinski definition) is 1. The summed E-state index contributed by atoms with van der Waals surface area (Å²) in [7, 11) is 0. The summed E-state index contributed by atoms with van der Waals surface area (Å²) < 4.78 is 26.5. The minimum Gasteiger partial charge on any atom is -0.324 e. The molecule has 0 aliphatic rings. The van der Waals surface area contributed by atoms with E-state index < -0.39 is 11.6 Å². The van der Waals surface area contributed by atoms with Crippen molar-refractivity contribution in [1.82, 2.24) is 0 Å². The highest BCUT2D eigenvalue weighted by atomic mass is 19.1. The van der Waals surface area contributed by atoms with Gasteiger partial charge in [-0.2, -0.15) is 0 Å². The molecule has 0 aromatic heterocycles. The van der Waals surface area contributed by atoms with Gasteiger partial charge in [-0.3, -0.25) is 0 Å². The van der Waals surface area contributed by atoms with Crippen molar-refractivity contribution >= 4 is 0 Å². The molecule has 3 heteroatoms. The summed E-state index contributed by atoms with van der Waals surface area (Å²) in [4.78, 5) is 0. The fourth-order valence-electron chi connectivity index (χ4n) is 2.31. The summed E-state index contributed by atoms with van der Waals surface area (Å²) >= 11 is 0. The van der Waals surface area contributed by atoms with E-state index in [0.29, 0.717) is 12.0 Å². The largest absolute Gasteiger partial charge is 0.324 e. The third-order valence-electron chi connectivity index (χ3n) is 3.37. The maximum atomic E-state index is 13.6. The van der Waals surface area contributed by atoms with Crippen LogP contribution in [0.25, 0.3) is 0 Å². The normalized spacial score (nSPS) is 12.4. The van der Waals surface area contributed by atoms with Crippen LogP contribution >= 0.6 is 0 Å². The molecule has 2 aromatic carbocycles. The van der Waals surface area contributed by atoms with Gasteiger partial charge in [0.25, 0.3) is 0 Å². The molecule has 20 heavy (non-hydrogen) atoms. The molecule has 0 aliphatic heterocycles. The molecule has 0 spiro atoms. The zero-order valence-corrected chi connectivity index (χ0v) is 11.6. The molecule has 0 saturated carbocycles. The van der Waals surface area contributed by atoms with Crippen LogP contribution in [0.15, 0.2) is 42.5 Å². The van der Waals surface area contributed by atoms with Gasteiger partial charge in [-0.05, 0) is 35.6 Å². The Morgan fingerprint density at radius 1 is 1.10 bits per heavy atom. The van der Waals surface area contributed by atoms with Crippen molar-refractivity contribution in [2.45, 2.75) is 32.2 Å². The van der Waals surface area contributed by atoms with E-state index in [2.05, 4.69) is 19.1 Å². The number of nitrogens with two attached hydrogens (primary N) is 1. The molecule has 0 bridgehead atoms. The lowest BCUT2D eigenvalue weighted by atomic mass is 9.97. The van der Waals surface area contributed by atoms with E-state index in [-0.39, 0.29) is 6.04 Å². The molecule has 0 heterocycles. The number of hydrogen-bond donors (Lipinski definition) is 1. The van der Waals surface area contributed by atoms with Crippen molar-refractivity contribution < 1.29 is 8.78 Å². The molecule has 0 saturated heterocycles. The SMILES string of the molecule is CCCc1cccc(C(N)Cc2ccc(F)cc2F)c1. The standard InChI is InChI=1S/C17H19F2N/c1-2-4-12-5-3-6-14(9-12)17(20)10-13-7-8-15(18)11-16(13)19/h3,5-9,11,17H,2,4,10,20H2,1H3. The van der Waals surface area contributed by atoms with Crippen LogP contribution in [0.5, 0.6) is 0 Å². The first-order valence-corrected chi connectivity index (χ1v) is 6.88. The van der Waals surface area contributed by atoms with E-state index in [1.54, 1.807) is 0 Å². The van der Waals surface area contributed by atoms with Gasteiger partial charge in [-0.1, -0.05) is 43.7 Å². The molecule has 1 unspecified atom stereocenters. The topological polar surface area (TPSA) is 26.0 Å². The van der Waals surface area contributed by atoms with Gasteiger partial charge < -0.3 is 5.73 Å². The highest BCUT2D eigenvalue weighted by Gasteiger charge is 2.11. The Hall–Kier alpha value is -1.74. The predicted molar refractivity (Wildman–Crippen MR) is 77.4 cm³/mol. The lowest BCUT2D eigenvalue weighted by Crippen LogP contribution is -2.14. The zero-order valence-electron chi connectivity index (χ0n) is 11.6. The van der Waals surface area contributed by atoms with Gasteiger partial charge in [0.2, 0.25) is 0 Å². The first-order valence-electron chi connectivity index (χ1n) is 6.88. The average molecular weight is 275 g/mol. The minimum absolute atomic E-state index is 0.285. The quantitative estimate of drug-likeness (QED) is 0.871. The predicted octanol–water partition coefficient (Wildman–Crippen LogP) is 4.16. The molecule has 0 aliphatic carbocycles. The molecule has 2 aromatic rings. The minimum atomic E-state index is -0.565. The van der Waals surface area contributed by atoms with Gasteiger partial charge in [0.05, 0.1) is 0 Å². The molecular formula is C17H19F2N. The summed E-state index contributed by atoms with van der Waals surface area (Å²) in [6.07, 6.45) is 2.44. The number of benzene rings is 2. The Kier molecular flexibility index (Phi) is 4.85. The Morgan fingerprint density at radius 2 is 1.90 bits per heavy atom. The van der Waals surface area contributed by atoms with Gasteiger partial charge in [-0.15, -0.1) is 0 Å². The number of aryl methyl sites for hydroxylation is 1. The van der Waals surface area contributed by atoms with Crippen LogP contribution in [0.3, 0.4) is 0 Å². The number of rotatable bonds is 5. The van der Waals surface area contributed by atoms with Gasteiger partial charge >= 0.3 is 0 Å². The molecule has 0 amide bonds. The second-order valence-electron chi connectivity index (χ2n) is 5.04. The highest BCUT2D eigenvalue weighted by molar-refractivity contribution is 5.28. The average Bonchev–Trinajstić information content (AvgIpc) is 2.42. The first kappa shape index (κ1) is 14.7. The van der Waals surface area contributed by atoms with E-state index in [1.165, 1.54) is 17.7 Å². The third kappa shape index (κ3) is 3.64. The molecule has 2 N–H and O–H groups in total. The second kappa shape index (κ2) is 6.62. The monoisotopic (exact) mass is 275 g/mol. The van der Waals surface area contributed by atoms with Crippen LogP contribution in [0, 0.1) is 11.6 Å². The van der Waals surface area contributed by atoms with E-state index in [0.717, 1.165) is 24.5 Å². The summed E-state index contributed by atoms with van der Waals surface area (Å²) in [6.45, 7) is 2.13. The lowest BCUT2D eigenvalue weighted by Gasteiger charge is -2.14. The summed E-state index contributed by atoms with van der Waals surface area (Å²) in [5, 5.41) is 0. The number of halogens is 2. The third-order valence-corrected chi connectivity index (χ3v) is 3.37. The molecule has 106 valence electrons. The second-order valence-corrected chi connectivity index (χ2v) is 5.04. The Labute approximate surface area is 118 Å². The molecule has 1 nitrogen and oxygen atoms in total. The first-order chi connectivity index (χ1) is 9.60. The zero-order chi connectivity index (χ0) is 14.5. The maximum Gasteiger partial charge on any atom is 0.129 e. The van der Waals surface area contributed by atoms with Crippen LogP contribution < -0.4 is 5.73 Å². The van der Waals surface area contributed by atoms with Crippen LogP contribution in [-0.4, -0.2) is 0 Å². The van der Waals surface area contributed by atoms with Gasteiger partial charge in [0.1, 0.15) is 11.6 Å². The van der Waals surface area contributed by atoms with Crippen LogP contribution in [0.4, 0.5) is 8.78 Å². The fraction of sp³-hybridized carbons (Fsp3) is 0.294. The molecule has 1 atom stereocenters. The van der Waals surface area contributed by atoms with Crippen molar-refractivity contribution in [1.29, 1.82) is 0 Å². The summed E-state index contributed by atoms with van der Waals surface area (Å²) in [6, 6.07) is 11.4. The summed E-state index contributed by atoms with van der Waals surface area (Å²) in [5.41, 5.74) is 8.80. The molecule has 2 rings (SSSR count). The highest BCUT2D eigenvalue weighted by Crippen LogP contribution is 2.20. The molecule has 0 radical (unpaired) electrons. The molecular weight excluding hydrogens is 256 g/mol. The lowest BCUT2D eigenvalue weighted by molar-refractivity contribution is 0.563. The molecule has 0 fully saturated rings. The van der Waals surface area contributed by atoms with Crippen molar-refractivity contribution in [2.24, 2.45) is 5.73 Å². The van der Waals surface area contributed by atoms with Crippen LogP contribution in [0.2, 0.25) is 0 Å². The summed E-state index contributed by atoms with van der Waals surface area (Å²) in [5.74, 6) is -1.10. The van der Waals surface area contributed by atoms with Crippen molar-refractivity contribution in [3.8, 4) is 0 Å².